The van der Waals surface area contributed by atoms with E-state index in [2.05, 4.69) is 0 Å². The van der Waals surface area contributed by atoms with E-state index in [1.54, 1.807) is 13.2 Å². The zero-order valence-electron chi connectivity index (χ0n) is 9.83. The molecule has 0 unspecified atom stereocenters. The van der Waals surface area contributed by atoms with Crippen molar-refractivity contribution in [2.45, 2.75) is 6.92 Å². The van der Waals surface area contributed by atoms with Crippen molar-refractivity contribution in [1.29, 1.82) is 0 Å². The summed E-state index contributed by atoms with van der Waals surface area (Å²) in [6.45, 7) is 1.96. The van der Waals surface area contributed by atoms with Crippen LogP contribution in [0.1, 0.15) is 5.56 Å². The fourth-order valence-electron chi connectivity index (χ4n) is 1.78. The van der Waals surface area contributed by atoms with Gasteiger partial charge >= 0.3 is 0 Å². The lowest BCUT2D eigenvalue weighted by molar-refractivity contribution is 0.414. The first-order chi connectivity index (χ1) is 8.11. The molecule has 0 radical (unpaired) electrons. The Labute approximate surface area is 99.8 Å². The van der Waals surface area contributed by atoms with Crippen molar-refractivity contribution in [2.24, 2.45) is 0 Å². The van der Waals surface area contributed by atoms with E-state index in [1.807, 2.05) is 31.2 Å². The molecular formula is C14H14FNO. The average Bonchev–Trinajstić information content (AvgIpc) is 2.32. The number of anilines is 1. The van der Waals surface area contributed by atoms with E-state index in [-0.39, 0.29) is 5.69 Å². The van der Waals surface area contributed by atoms with Crippen molar-refractivity contribution in [2.75, 3.05) is 12.8 Å². The van der Waals surface area contributed by atoms with Gasteiger partial charge in [-0.2, -0.15) is 0 Å². The molecule has 0 amide bonds. The van der Waals surface area contributed by atoms with Crippen LogP contribution in [0.4, 0.5) is 10.1 Å². The van der Waals surface area contributed by atoms with Crippen molar-refractivity contribution >= 4 is 5.69 Å². The van der Waals surface area contributed by atoms with Gasteiger partial charge < -0.3 is 10.5 Å². The normalized spacial score (nSPS) is 10.3. The van der Waals surface area contributed by atoms with Crippen LogP contribution < -0.4 is 10.5 Å². The molecule has 17 heavy (non-hydrogen) atoms. The second-order valence-electron chi connectivity index (χ2n) is 3.92. The van der Waals surface area contributed by atoms with E-state index < -0.39 is 5.82 Å². The minimum absolute atomic E-state index is 0.167. The maximum atomic E-state index is 13.4. The lowest BCUT2D eigenvalue weighted by Gasteiger charge is -2.09. The second kappa shape index (κ2) is 4.45. The first-order valence-corrected chi connectivity index (χ1v) is 5.32. The molecule has 0 aromatic heterocycles. The molecule has 2 aromatic carbocycles. The van der Waals surface area contributed by atoms with E-state index in [9.17, 15) is 4.39 Å². The summed E-state index contributed by atoms with van der Waals surface area (Å²) in [5.74, 6) is 0.403. The van der Waals surface area contributed by atoms with Gasteiger partial charge in [0.1, 0.15) is 11.6 Å². The predicted molar refractivity (Wildman–Crippen MR) is 67.5 cm³/mol. The maximum absolute atomic E-state index is 13.4. The quantitative estimate of drug-likeness (QED) is 0.804. The fraction of sp³-hybridized carbons (Fsp3) is 0.143. The van der Waals surface area contributed by atoms with Gasteiger partial charge in [0.15, 0.2) is 0 Å². The molecule has 0 aliphatic carbocycles. The molecular weight excluding hydrogens is 217 g/mol. The molecule has 0 spiro atoms. The first-order valence-electron chi connectivity index (χ1n) is 5.32. The highest BCUT2D eigenvalue weighted by Crippen LogP contribution is 2.28. The number of aryl methyl sites for hydroxylation is 1. The van der Waals surface area contributed by atoms with Crippen LogP contribution in [0.25, 0.3) is 11.1 Å². The number of ether oxygens (including phenoxy) is 1. The van der Waals surface area contributed by atoms with Gasteiger partial charge in [0.05, 0.1) is 12.8 Å². The Balaban J connectivity index is 2.49. The number of methoxy groups -OCH3 is 1. The Hall–Kier alpha value is -2.03. The summed E-state index contributed by atoms with van der Waals surface area (Å²) in [7, 11) is 1.62. The van der Waals surface area contributed by atoms with Gasteiger partial charge in [-0.05, 0) is 47.9 Å². The van der Waals surface area contributed by atoms with E-state index in [0.717, 1.165) is 22.4 Å². The van der Waals surface area contributed by atoms with Gasteiger partial charge in [0, 0.05) is 0 Å². The third kappa shape index (κ3) is 2.23. The maximum Gasteiger partial charge on any atom is 0.146 e. The van der Waals surface area contributed by atoms with E-state index >= 15 is 0 Å². The van der Waals surface area contributed by atoms with E-state index in [4.69, 9.17) is 10.5 Å². The monoisotopic (exact) mass is 231 g/mol. The summed E-state index contributed by atoms with van der Waals surface area (Å²) >= 11 is 0. The molecule has 2 aromatic rings. The predicted octanol–water partition coefficient (Wildman–Crippen LogP) is 3.39. The molecule has 2 nitrogen and oxygen atoms in total. The number of nitrogens with two attached hydrogens (primary N) is 1. The highest BCUT2D eigenvalue weighted by molar-refractivity contribution is 5.69. The number of rotatable bonds is 2. The largest absolute Gasteiger partial charge is 0.497 e. The SMILES string of the molecule is COc1ccc(-c2ccc(N)c(F)c2)c(C)c1. The smallest absolute Gasteiger partial charge is 0.146 e. The van der Waals surface area contributed by atoms with Crippen LogP contribution in [0.5, 0.6) is 5.75 Å². The van der Waals surface area contributed by atoms with Crippen LogP contribution >= 0.6 is 0 Å². The third-order valence-corrected chi connectivity index (χ3v) is 2.75. The van der Waals surface area contributed by atoms with Gasteiger partial charge in [-0.1, -0.05) is 12.1 Å². The van der Waals surface area contributed by atoms with Crippen LogP contribution in [-0.4, -0.2) is 7.11 Å². The Morgan fingerprint density at radius 1 is 1.12 bits per heavy atom. The summed E-state index contributed by atoms with van der Waals surface area (Å²) < 4.78 is 18.5. The molecule has 88 valence electrons. The van der Waals surface area contributed by atoms with Crippen molar-refractivity contribution in [3.05, 3.63) is 47.8 Å². The molecule has 0 saturated heterocycles. The van der Waals surface area contributed by atoms with Crippen molar-refractivity contribution in [1.82, 2.24) is 0 Å². The molecule has 0 bridgehead atoms. The van der Waals surface area contributed by atoms with Gasteiger partial charge in [-0.25, -0.2) is 4.39 Å². The van der Waals surface area contributed by atoms with Gasteiger partial charge in [0.2, 0.25) is 0 Å². The summed E-state index contributed by atoms with van der Waals surface area (Å²) in [4.78, 5) is 0. The summed E-state index contributed by atoms with van der Waals surface area (Å²) in [5, 5.41) is 0. The first kappa shape index (κ1) is 11.5. The fourth-order valence-corrected chi connectivity index (χ4v) is 1.78. The molecule has 0 saturated carbocycles. The Morgan fingerprint density at radius 3 is 2.47 bits per heavy atom. The number of hydrogen-bond acceptors (Lipinski definition) is 2. The number of halogens is 1. The molecule has 0 fully saturated rings. The molecule has 0 aliphatic heterocycles. The topological polar surface area (TPSA) is 35.2 Å². The number of hydrogen-bond donors (Lipinski definition) is 1. The summed E-state index contributed by atoms with van der Waals surface area (Å²) in [6.07, 6.45) is 0. The molecule has 0 atom stereocenters. The molecule has 0 aliphatic rings. The molecule has 2 rings (SSSR count). The number of nitrogen functional groups attached to an aromatic ring is 1. The van der Waals surface area contributed by atoms with Crippen LogP contribution in [-0.2, 0) is 0 Å². The molecule has 2 N–H and O–H groups in total. The zero-order chi connectivity index (χ0) is 12.4. The Bertz CT molecular complexity index is 552. The highest BCUT2D eigenvalue weighted by atomic mass is 19.1. The number of benzene rings is 2. The summed E-state index contributed by atoms with van der Waals surface area (Å²) in [5.41, 5.74) is 8.45. The van der Waals surface area contributed by atoms with Gasteiger partial charge in [-0.3, -0.25) is 0 Å². The lowest BCUT2D eigenvalue weighted by Crippen LogP contribution is -1.92. The van der Waals surface area contributed by atoms with Crippen molar-refractivity contribution < 1.29 is 9.13 Å². The highest BCUT2D eigenvalue weighted by Gasteiger charge is 2.06. The van der Waals surface area contributed by atoms with Gasteiger partial charge in [-0.15, -0.1) is 0 Å². The van der Waals surface area contributed by atoms with Crippen molar-refractivity contribution in [3.63, 3.8) is 0 Å². The minimum Gasteiger partial charge on any atom is -0.497 e. The average molecular weight is 231 g/mol. The van der Waals surface area contributed by atoms with Crippen LogP contribution in [0.15, 0.2) is 36.4 Å². The second-order valence-corrected chi connectivity index (χ2v) is 3.92. The van der Waals surface area contributed by atoms with Gasteiger partial charge in [0.25, 0.3) is 0 Å². The standard InChI is InChI=1S/C14H14FNO/c1-9-7-11(17-2)4-5-12(9)10-3-6-14(16)13(15)8-10/h3-8H,16H2,1-2H3. The summed E-state index contributed by atoms with van der Waals surface area (Å²) in [6, 6.07) is 10.5. The van der Waals surface area contributed by atoms with Crippen LogP contribution in [0.2, 0.25) is 0 Å². The van der Waals surface area contributed by atoms with Crippen molar-refractivity contribution in [3.8, 4) is 16.9 Å². The molecule has 0 heterocycles. The van der Waals surface area contributed by atoms with E-state index in [0.29, 0.717) is 0 Å². The lowest BCUT2D eigenvalue weighted by atomic mass is 10.00. The molecule has 3 heteroatoms. The Kier molecular flexibility index (Phi) is 3.00. The van der Waals surface area contributed by atoms with Crippen LogP contribution in [0, 0.1) is 12.7 Å². The third-order valence-electron chi connectivity index (χ3n) is 2.75. The van der Waals surface area contributed by atoms with E-state index in [1.165, 1.54) is 6.07 Å². The Morgan fingerprint density at radius 2 is 1.88 bits per heavy atom. The minimum atomic E-state index is -0.391. The van der Waals surface area contributed by atoms with Crippen LogP contribution in [0.3, 0.4) is 0 Å². The zero-order valence-corrected chi connectivity index (χ0v) is 9.83.